The van der Waals surface area contributed by atoms with Crippen LogP contribution in [-0.4, -0.2) is 0 Å². The topological polar surface area (TPSA) is 0 Å². The molecule has 0 aliphatic rings. The lowest BCUT2D eigenvalue weighted by molar-refractivity contribution is 0.316. The van der Waals surface area contributed by atoms with E-state index in [0.29, 0.717) is 0 Å². The van der Waals surface area contributed by atoms with Crippen LogP contribution in [0.2, 0.25) is 0 Å². The van der Waals surface area contributed by atoms with Gasteiger partial charge in [0.15, 0.2) is 93.1 Å². The van der Waals surface area contributed by atoms with Crippen LogP contribution in [0, 0.1) is 117 Å². The van der Waals surface area contributed by atoms with Gasteiger partial charge >= 0.3 is 0 Å². The number of benzene rings is 4. The number of rotatable bonds is 5. The molecule has 0 aromatic heterocycles. The Morgan fingerprint density at radius 2 is 0.478 bits per heavy atom. The molecule has 4 aromatic rings. The van der Waals surface area contributed by atoms with Crippen LogP contribution in [0.1, 0.15) is 27.8 Å². The van der Waals surface area contributed by atoms with Crippen molar-refractivity contribution in [2.75, 3.05) is 0 Å². The lowest BCUT2D eigenvalue weighted by Gasteiger charge is -2.38. The van der Waals surface area contributed by atoms with Crippen molar-refractivity contribution in [2.24, 2.45) is 0 Å². The highest BCUT2D eigenvalue weighted by Gasteiger charge is 2.54. The zero-order valence-corrected chi connectivity index (χ0v) is 21.4. The number of hydrogen-bond donors (Lipinski definition) is 0. The molecule has 0 aliphatic carbocycles. The highest BCUT2D eigenvalue weighted by atomic mass is 19.2. The Kier molecular flexibility index (Phi) is 8.54. The lowest BCUT2D eigenvalue weighted by Crippen LogP contribution is -2.41. The second-order valence-electron chi connectivity index (χ2n) is 9.28. The van der Waals surface area contributed by atoms with Crippen LogP contribution in [-0.2, 0) is 11.8 Å². The van der Waals surface area contributed by atoms with Crippen LogP contribution in [0.15, 0.2) is 0 Å². The minimum absolute atomic E-state index is 0.198. The molecular weight excluding hydrogens is 685 g/mol. The molecule has 0 saturated carbocycles. The Balaban J connectivity index is 2.54. The standard InChI is InChI=1S/C27H5F19/c1-3-8(28)12(32)5(13(33)9(3)29)27(6-14(34)20(40)25(45)21(41)15(6)35,7-16(36)22(42)26(46)23(43)17(7)37)2-4-10(30)18(38)24(44)19(39)11(4)31/h2H2,1H3. The van der Waals surface area contributed by atoms with Crippen molar-refractivity contribution in [3.8, 4) is 0 Å². The highest BCUT2D eigenvalue weighted by molar-refractivity contribution is 5.57. The summed E-state index contributed by atoms with van der Waals surface area (Å²) in [7, 11) is 0. The maximum absolute atomic E-state index is 15.6. The van der Waals surface area contributed by atoms with E-state index in [4.69, 9.17) is 0 Å². The SMILES string of the molecule is Cc1c(F)c(F)c(C(Cc2c(F)c(F)c(F)c(F)c2F)(c2c(F)c(F)c(F)c(F)c2F)c2c(F)c(F)c(F)c(F)c2F)c(F)c1F. The van der Waals surface area contributed by atoms with Crippen LogP contribution < -0.4 is 0 Å². The van der Waals surface area contributed by atoms with Gasteiger partial charge in [-0.3, -0.25) is 0 Å². The Labute approximate surface area is 241 Å². The van der Waals surface area contributed by atoms with E-state index < -0.39 is 150 Å². The minimum Gasteiger partial charge on any atom is -0.203 e. The molecule has 0 heterocycles. The summed E-state index contributed by atoms with van der Waals surface area (Å²) in [6.07, 6.45) is -3.15. The molecule has 246 valence electrons. The molecule has 0 spiro atoms. The van der Waals surface area contributed by atoms with Crippen molar-refractivity contribution in [2.45, 2.75) is 18.8 Å². The van der Waals surface area contributed by atoms with Gasteiger partial charge in [0.1, 0.15) is 0 Å². The first kappa shape index (κ1) is 34.4. The van der Waals surface area contributed by atoms with E-state index in [0.717, 1.165) is 0 Å². The number of hydrogen-bond acceptors (Lipinski definition) is 0. The van der Waals surface area contributed by atoms with Gasteiger partial charge in [-0.1, -0.05) is 0 Å². The number of halogens is 19. The summed E-state index contributed by atoms with van der Waals surface area (Å²) < 4.78 is 280. The average Bonchev–Trinajstić information content (AvgIpc) is 3.02. The van der Waals surface area contributed by atoms with E-state index in [1.54, 1.807) is 0 Å². The Morgan fingerprint density at radius 3 is 0.739 bits per heavy atom. The van der Waals surface area contributed by atoms with Crippen molar-refractivity contribution in [3.63, 3.8) is 0 Å². The summed E-state index contributed by atoms with van der Waals surface area (Å²) >= 11 is 0. The third-order valence-corrected chi connectivity index (χ3v) is 6.93. The van der Waals surface area contributed by atoms with Gasteiger partial charge < -0.3 is 0 Å². The highest BCUT2D eigenvalue weighted by Crippen LogP contribution is 2.51. The van der Waals surface area contributed by atoms with Gasteiger partial charge in [-0.15, -0.1) is 0 Å². The molecule has 0 aliphatic heterocycles. The van der Waals surface area contributed by atoms with Gasteiger partial charge in [-0.05, 0) is 13.3 Å². The van der Waals surface area contributed by atoms with Crippen LogP contribution in [0.5, 0.6) is 0 Å². The molecule has 19 heteroatoms. The van der Waals surface area contributed by atoms with E-state index in [2.05, 4.69) is 0 Å². The Hall–Kier alpha value is -4.45. The predicted octanol–water partition coefficient (Wildman–Crippen LogP) is 9.22. The Bertz CT molecular complexity index is 1700. The van der Waals surface area contributed by atoms with E-state index >= 15 is 26.3 Å². The molecular formula is C27H5F19. The maximum atomic E-state index is 15.6. The van der Waals surface area contributed by atoms with Crippen LogP contribution in [0.3, 0.4) is 0 Å². The molecule has 0 saturated heterocycles. The molecule has 4 rings (SSSR count). The minimum atomic E-state index is -5.35. The second-order valence-corrected chi connectivity index (χ2v) is 9.28. The monoisotopic (exact) mass is 690 g/mol. The average molecular weight is 690 g/mol. The zero-order chi connectivity index (χ0) is 35.1. The molecule has 0 N–H and O–H groups in total. The van der Waals surface area contributed by atoms with E-state index in [9.17, 15) is 57.1 Å². The van der Waals surface area contributed by atoms with Gasteiger partial charge in [0.05, 0.1) is 5.41 Å². The first-order chi connectivity index (χ1) is 21.2. The molecule has 0 bridgehead atoms. The summed E-state index contributed by atoms with van der Waals surface area (Å²) in [5.41, 5.74) is -19.4. The van der Waals surface area contributed by atoms with E-state index in [1.807, 2.05) is 0 Å². The first-order valence-electron chi connectivity index (χ1n) is 11.5. The normalized spacial score (nSPS) is 12.0. The predicted molar refractivity (Wildman–Crippen MR) is 113 cm³/mol. The van der Waals surface area contributed by atoms with Gasteiger partial charge in [0, 0.05) is 27.8 Å². The van der Waals surface area contributed by atoms with Crippen molar-refractivity contribution in [1.29, 1.82) is 0 Å². The van der Waals surface area contributed by atoms with E-state index in [-0.39, 0.29) is 6.92 Å². The molecule has 0 radical (unpaired) electrons. The van der Waals surface area contributed by atoms with Crippen LogP contribution in [0.25, 0.3) is 0 Å². The Morgan fingerprint density at radius 1 is 0.283 bits per heavy atom. The fraction of sp³-hybridized carbons (Fsp3) is 0.111. The zero-order valence-electron chi connectivity index (χ0n) is 21.4. The lowest BCUT2D eigenvalue weighted by atomic mass is 9.64. The summed E-state index contributed by atoms with van der Waals surface area (Å²) in [5.74, 6) is -61.2. The third-order valence-electron chi connectivity index (χ3n) is 6.93. The molecule has 0 fully saturated rings. The second kappa shape index (κ2) is 11.4. The summed E-state index contributed by atoms with van der Waals surface area (Å²) in [6.45, 7) is 0.198. The molecule has 0 atom stereocenters. The molecule has 0 amide bonds. The molecule has 4 aromatic carbocycles. The van der Waals surface area contributed by atoms with Gasteiger partial charge in [-0.2, -0.15) is 0 Å². The quantitative estimate of drug-likeness (QED) is 0.0849. The first-order valence-corrected chi connectivity index (χ1v) is 11.5. The summed E-state index contributed by atoms with van der Waals surface area (Å²) in [4.78, 5) is 0. The largest absolute Gasteiger partial charge is 0.203 e. The summed E-state index contributed by atoms with van der Waals surface area (Å²) in [6, 6.07) is 0. The summed E-state index contributed by atoms with van der Waals surface area (Å²) in [5, 5.41) is 0. The van der Waals surface area contributed by atoms with Crippen molar-refractivity contribution >= 4 is 0 Å². The molecule has 0 unspecified atom stereocenters. The van der Waals surface area contributed by atoms with E-state index in [1.165, 1.54) is 0 Å². The third kappa shape index (κ3) is 4.48. The molecule has 46 heavy (non-hydrogen) atoms. The van der Waals surface area contributed by atoms with Gasteiger partial charge in [0.25, 0.3) is 0 Å². The fourth-order valence-corrected chi connectivity index (χ4v) is 4.79. The van der Waals surface area contributed by atoms with Gasteiger partial charge in [-0.25, -0.2) is 83.4 Å². The van der Waals surface area contributed by atoms with Gasteiger partial charge in [0.2, 0.25) is 17.5 Å². The van der Waals surface area contributed by atoms with Crippen LogP contribution in [0.4, 0.5) is 83.4 Å². The molecule has 0 nitrogen and oxygen atoms in total. The van der Waals surface area contributed by atoms with Crippen molar-refractivity contribution in [1.82, 2.24) is 0 Å². The fourth-order valence-electron chi connectivity index (χ4n) is 4.79. The smallest absolute Gasteiger partial charge is 0.200 e. The van der Waals surface area contributed by atoms with Crippen molar-refractivity contribution in [3.05, 3.63) is 138 Å². The maximum Gasteiger partial charge on any atom is 0.200 e. The van der Waals surface area contributed by atoms with Crippen molar-refractivity contribution < 1.29 is 83.4 Å². The van der Waals surface area contributed by atoms with Crippen LogP contribution >= 0.6 is 0 Å².